The monoisotopic (exact) mass is 946 g/mol. The fourth-order valence-electron chi connectivity index (χ4n) is 6.15. The number of sulfonamides is 1. The van der Waals surface area contributed by atoms with E-state index in [0.717, 1.165) is 43.7 Å². The number of nitrogens with two attached hydrogens (primary N) is 2. The zero-order valence-corrected chi connectivity index (χ0v) is 38.5. The van der Waals surface area contributed by atoms with E-state index in [0.29, 0.717) is 89.0 Å². The lowest BCUT2D eigenvalue weighted by atomic mass is 10.1. The van der Waals surface area contributed by atoms with Gasteiger partial charge in [-0.25, -0.2) is 51.9 Å². The number of ether oxygens (including phenoxy) is 2. The summed E-state index contributed by atoms with van der Waals surface area (Å²) < 4.78 is 56.9. The van der Waals surface area contributed by atoms with Crippen molar-refractivity contribution >= 4 is 55.3 Å². The van der Waals surface area contributed by atoms with Crippen molar-refractivity contribution < 1.29 is 26.3 Å². The summed E-state index contributed by atoms with van der Waals surface area (Å²) in [6.07, 6.45) is 9.99. The number of nitrogens with one attached hydrogen (secondary N) is 2. The van der Waals surface area contributed by atoms with Gasteiger partial charge >= 0.3 is 0 Å². The topological polar surface area (TPSA) is 272 Å². The van der Waals surface area contributed by atoms with Crippen LogP contribution < -0.4 is 35.9 Å². The number of benzene rings is 2. The molecule has 0 bridgehead atoms. The molecule has 0 unspecified atom stereocenters. The standard InChI is InChI=1S/C21H25ClN8O3S.C21H26N6O3S/c1-29-6-8-30(9-7-29)21-27-17(13-26-20-24-11-16(22)12-25-20)10-19(28-21)33-18-4-2-15(3-5-18)14-34(23,31)32;1-3-15-12-23-21(24-13-15)25-14-17-11-19(27-20(22)26-17)30-18-8-6-16(7-9-18)5-4-10-31(2,28)29/h2-5,10-12H,6-9,13-14H2,1H3,(H2,23,31,32)(H,24,25,26);6-9,11-13H,3-5,10,14H2,1-2H3,(H2,22,26,27)(H,23,24,25). The smallest absolute Gasteiger partial charge is 0.229 e. The molecule has 0 saturated carbocycles. The molecule has 0 atom stereocenters. The molecule has 1 saturated heterocycles. The lowest BCUT2D eigenvalue weighted by Gasteiger charge is -2.32. The van der Waals surface area contributed by atoms with E-state index in [1.165, 1.54) is 18.6 Å². The summed E-state index contributed by atoms with van der Waals surface area (Å²) in [4.78, 5) is 38.8. The van der Waals surface area contributed by atoms with E-state index >= 15 is 0 Å². The summed E-state index contributed by atoms with van der Waals surface area (Å²) >= 11 is 5.85. The van der Waals surface area contributed by atoms with Gasteiger partial charge in [-0.15, -0.1) is 0 Å². The molecule has 65 heavy (non-hydrogen) atoms. The highest BCUT2D eigenvalue weighted by molar-refractivity contribution is 7.90. The van der Waals surface area contributed by atoms with Gasteiger partial charge in [0.2, 0.25) is 45.6 Å². The Hall–Kier alpha value is -6.33. The minimum atomic E-state index is -3.60. The Morgan fingerprint density at radius 2 is 1.23 bits per heavy atom. The van der Waals surface area contributed by atoms with Crippen molar-refractivity contribution in [3.05, 3.63) is 119 Å². The van der Waals surface area contributed by atoms with E-state index in [-0.39, 0.29) is 17.5 Å². The Morgan fingerprint density at radius 1 is 0.708 bits per heavy atom. The van der Waals surface area contributed by atoms with Gasteiger partial charge in [0.1, 0.15) is 21.3 Å². The number of rotatable bonds is 18. The van der Waals surface area contributed by atoms with Gasteiger partial charge in [-0.3, -0.25) is 0 Å². The van der Waals surface area contributed by atoms with Crippen LogP contribution in [-0.4, -0.2) is 107 Å². The molecule has 4 aromatic heterocycles. The number of halogens is 1. The maximum atomic E-state index is 11.3. The van der Waals surface area contributed by atoms with Gasteiger partial charge in [0, 0.05) is 57.0 Å². The van der Waals surface area contributed by atoms with Crippen molar-refractivity contribution in [3.63, 3.8) is 0 Å². The Morgan fingerprint density at radius 3 is 1.77 bits per heavy atom. The summed E-state index contributed by atoms with van der Waals surface area (Å²) in [5.41, 5.74) is 9.84. The van der Waals surface area contributed by atoms with Gasteiger partial charge in [0.15, 0.2) is 0 Å². The molecule has 20 nitrogen and oxygen atoms in total. The van der Waals surface area contributed by atoms with Gasteiger partial charge in [0.25, 0.3) is 0 Å². The Balaban J connectivity index is 0.000000216. The Kier molecular flexibility index (Phi) is 16.7. The number of nitrogens with zero attached hydrogens (tertiary/aromatic N) is 10. The molecule has 1 aliphatic heterocycles. The molecule has 23 heteroatoms. The van der Waals surface area contributed by atoms with Crippen LogP contribution in [0.3, 0.4) is 0 Å². The number of likely N-dealkylation sites (N-methyl/N-ethyl adjacent to an activating group) is 1. The highest BCUT2D eigenvalue weighted by atomic mass is 35.5. The second kappa shape index (κ2) is 22.5. The molecule has 0 aliphatic carbocycles. The van der Waals surface area contributed by atoms with Crippen molar-refractivity contribution in [1.82, 2.24) is 44.8 Å². The summed E-state index contributed by atoms with van der Waals surface area (Å²) in [6, 6.07) is 17.5. The molecule has 6 N–H and O–H groups in total. The van der Waals surface area contributed by atoms with Crippen LogP contribution in [0.2, 0.25) is 5.02 Å². The minimum Gasteiger partial charge on any atom is -0.439 e. The number of anilines is 4. The number of nitrogen functional groups attached to an aromatic ring is 1. The van der Waals surface area contributed by atoms with Crippen LogP contribution >= 0.6 is 11.6 Å². The number of piperazine rings is 1. The van der Waals surface area contributed by atoms with E-state index in [2.05, 4.69) is 62.4 Å². The maximum Gasteiger partial charge on any atom is 0.229 e. The number of hydrogen-bond donors (Lipinski definition) is 4. The highest BCUT2D eigenvalue weighted by Gasteiger charge is 2.19. The van der Waals surface area contributed by atoms with E-state index in [4.69, 9.17) is 36.9 Å². The maximum absolute atomic E-state index is 11.3. The predicted molar refractivity (Wildman–Crippen MR) is 249 cm³/mol. The van der Waals surface area contributed by atoms with Crippen LogP contribution in [-0.2, 0) is 51.5 Å². The van der Waals surface area contributed by atoms with Crippen LogP contribution in [0.1, 0.15) is 41.4 Å². The molecule has 0 spiro atoms. The minimum absolute atomic E-state index is 0.106. The van der Waals surface area contributed by atoms with Gasteiger partial charge in [0.05, 0.1) is 53.4 Å². The fraction of sp³-hybridized carbons (Fsp3) is 0.333. The first-order valence-electron chi connectivity index (χ1n) is 20.5. The molecule has 344 valence electrons. The molecule has 0 radical (unpaired) electrons. The van der Waals surface area contributed by atoms with Crippen molar-refractivity contribution in [2.24, 2.45) is 5.14 Å². The normalized spacial score (nSPS) is 13.1. The molecule has 6 aromatic rings. The first-order chi connectivity index (χ1) is 31.0. The third-order valence-electron chi connectivity index (χ3n) is 9.53. The van der Waals surface area contributed by atoms with Gasteiger partial charge < -0.3 is 35.6 Å². The van der Waals surface area contributed by atoms with Gasteiger partial charge in [-0.2, -0.15) is 9.97 Å². The number of sulfone groups is 1. The molecule has 1 fully saturated rings. The molecular weight excluding hydrogens is 896 g/mol. The zero-order valence-electron chi connectivity index (χ0n) is 36.1. The molecule has 2 aromatic carbocycles. The van der Waals surface area contributed by atoms with Crippen LogP contribution in [0.25, 0.3) is 0 Å². The zero-order chi connectivity index (χ0) is 46.4. The lowest BCUT2D eigenvalue weighted by Crippen LogP contribution is -2.45. The lowest BCUT2D eigenvalue weighted by molar-refractivity contribution is 0.310. The quantitative estimate of drug-likeness (QED) is 0.0912. The van der Waals surface area contributed by atoms with E-state index in [1.807, 2.05) is 31.2 Å². The predicted octanol–water partition coefficient (Wildman–Crippen LogP) is 4.66. The van der Waals surface area contributed by atoms with Crippen molar-refractivity contribution in [2.75, 3.05) is 66.5 Å². The third-order valence-corrected chi connectivity index (χ3v) is 11.5. The van der Waals surface area contributed by atoms with Crippen molar-refractivity contribution in [3.8, 4) is 23.3 Å². The number of primary sulfonamides is 1. The van der Waals surface area contributed by atoms with Crippen molar-refractivity contribution in [1.29, 1.82) is 0 Å². The molecule has 0 amide bonds. The number of aryl methyl sites for hydroxylation is 2. The second-order valence-corrected chi connectivity index (χ2v) is 19.4. The van der Waals surface area contributed by atoms with Gasteiger partial charge in [-0.1, -0.05) is 42.8 Å². The fourth-order valence-corrected chi connectivity index (χ4v) is 7.57. The first kappa shape index (κ1) is 48.1. The van der Waals surface area contributed by atoms with E-state index in [9.17, 15) is 16.8 Å². The van der Waals surface area contributed by atoms with Gasteiger partial charge in [-0.05, 0) is 67.3 Å². The van der Waals surface area contributed by atoms with Crippen LogP contribution in [0.4, 0.5) is 23.8 Å². The summed E-state index contributed by atoms with van der Waals surface area (Å²) in [5.74, 6) is 3.36. The SMILES string of the molecule is CCc1cnc(NCc2cc(Oc3ccc(CCCS(C)(=O)=O)cc3)nc(N)n2)nc1.CN1CCN(c2nc(CNc3ncc(Cl)cn3)cc(Oc3ccc(CS(N)(=O)=O)cc3)n2)CC1. The Labute approximate surface area is 383 Å². The molecule has 7 rings (SSSR count). The van der Waals surface area contributed by atoms with Crippen LogP contribution in [0, 0.1) is 0 Å². The number of aromatic nitrogens is 8. The van der Waals surface area contributed by atoms with Crippen LogP contribution in [0.5, 0.6) is 23.3 Å². The summed E-state index contributed by atoms with van der Waals surface area (Å²) in [5, 5.41) is 11.8. The third kappa shape index (κ3) is 16.6. The molecule has 1 aliphatic rings. The van der Waals surface area contributed by atoms with E-state index in [1.54, 1.807) is 48.8 Å². The largest absolute Gasteiger partial charge is 0.439 e. The average Bonchev–Trinajstić information content (AvgIpc) is 3.26. The number of hydrogen-bond acceptors (Lipinski definition) is 19. The van der Waals surface area contributed by atoms with Crippen LogP contribution in [0.15, 0.2) is 85.5 Å². The van der Waals surface area contributed by atoms with E-state index < -0.39 is 19.9 Å². The second-order valence-electron chi connectivity index (χ2n) is 15.1. The molecule has 5 heterocycles. The summed E-state index contributed by atoms with van der Waals surface area (Å²) in [6.45, 7) is 6.19. The Bertz CT molecular complexity index is 2700. The molecular formula is C42H51ClN14O6S2. The highest BCUT2D eigenvalue weighted by Crippen LogP contribution is 2.25. The summed E-state index contributed by atoms with van der Waals surface area (Å²) in [7, 11) is -4.46. The van der Waals surface area contributed by atoms with Crippen molar-refractivity contribution in [2.45, 2.75) is 45.0 Å². The average molecular weight is 948 g/mol. The first-order valence-corrected chi connectivity index (χ1v) is 24.6.